The molecule has 4 aromatic rings. The van der Waals surface area contributed by atoms with Crippen molar-refractivity contribution < 1.29 is 19.1 Å². The normalized spacial score (nSPS) is 17.2. The molecule has 2 aromatic heterocycles. The number of thiophene rings is 1. The first kappa shape index (κ1) is 28.4. The van der Waals surface area contributed by atoms with Gasteiger partial charge in [-0.3, -0.25) is 14.4 Å². The molecule has 0 radical (unpaired) electrons. The molecule has 41 heavy (non-hydrogen) atoms. The SMILES string of the molecule is CC(C)C[C@H]1NC(=O)CN(C(=O)c2cc3ccccc3s2)CCCOc2cccc(c2)-c2nccn2CCNC1=O. The maximum Gasteiger partial charge on any atom is 0.264 e. The number of rotatable bonds is 3. The number of hydrogen-bond donors (Lipinski definition) is 2. The zero-order valence-corrected chi connectivity index (χ0v) is 24.2. The zero-order valence-electron chi connectivity index (χ0n) is 23.3. The molecule has 0 aliphatic carbocycles. The Morgan fingerprint density at radius 1 is 1.12 bits per heavy atom. The summed E-state index contributed by atoms with van der Waals surface area (Å²) < 4.78 is 9.03. The third-order valence-electron chi connectivity index (χ3n) is 6.92. The Bertz CT molecular complexity index is 1490. The van der Waals surface area contributed by atoms with Gasteiger partial charge >= 0.3 is 0 Å². The Kier molecular flexibility index (Phi) is 8.98. The Hall–Kier alpha value is -4.18. The van der Waals surface area contributed by atoms with E-state index >= 15 is 0 Å². The number of nitrogens with one attached hydrogen (secondary N) is 2. The van der Waals surface area contributed by atoms with Crippen molar-refractivity contribution in [2.24, 2.45) is 5.92 Å². The predicted octanol–water partition coefficient (Wildman–Crippen LogP) is 4.34. The molecule has 1 aliphatic rings. The first-order valence-corrected chi connectivity index (χ1v) is 14.8. The van der Waals surface area contributed by atoms with Crippen molar-refractivity contribution in [1.29, 1.82) is 0 Å². The summed E-state index contributed by atoms with van der Waals surface area (Å²) in [6.07, 6.45) is 4.62. The van der Waals surface area contributed by atoms with Gasteiger partial charge in [0, 0.05) is 42.3 Å². The van der Waals surface area contributed by atoms with Crippen LogP contribution in [0.3, 0.4) is 0 Å². The summed E-state index contributed by atoms with van der Waals surface area (Å²) in [6.45, 7) is 5.45. The molecule has 0 fully saturated rings. The standard InChI is InChI=1S/C31H35N5O4S/c1-21(2)17-25-30(38)33-12-15-35-14-11-32-29(35)23-8-5-9-24(18-23)40-16-6-13-36(20-28(37)34-25)31(39)27-19-22-7-3-4-10-26(22)41-27/h3-5,7-11,14,18-19,21,25H,6,12-13,15-17,20H2,1-2H3,(H,33,38)(H,34,37)/t25-/m1/s1. The summed E-state index contributed by atoms with van der Waals surface area (Å²) in [5.41, 5.74) is 0.909. The van der Waals surface area contributed by atoms with Crippen LogP contribution in [0.2, 0.25) is 0 Å². The van der Waals surface area contributed by atoms with Crippen LogP contribution in [0.15, 0.2) is 67.0 Å². The fraction of sp³-hybridized carbons (Fsp3) is 0.355. The second kappa shape index (κ2) is 13.0. The average molecular weight is 574 g/mol. The number of aromatic nitrogens is 2. The van der Waals surface area contributed by atoms with Crippen molar-refractivity contribution in [2.75, 3.05) is 26.2 Å². The molecule has 0 unspecified atom stereocenters. The maximum absolute atomic E-state index is 13.6. The van der Waals surface area contributed by atoms with Crippen LogP contribution in [0, 0.1) is 5.92 Å². The van der Waals surface area contributed by atoms with Gasteiger partial charge in [-0.25, -0.2) is 4.98 Å². The average Bonchev–Trinajstić information content (AvgIpc) is 3.60. The Morgan fingerprint density at radius 2 is 1.98 bits per heavy atom. The van der Waals surface area contributed by atoms with Crippen LogP contribution in [0.5, 0.6) is 5.75 Å². The van der Waals surface area contributed by atoms with Gasteiger partial charge in [0.2, 0.25) is 11.8 Å². The number of hydrogen-bond acceptors (Lipinski definition) is 6. The van der Waals surface area contributed by atoms with Gasteiger partial charge in [0.15, 0.2) is 0 Å². The lowest BCUT2D eigenvalue weighted by molar-refractivity contribution is -0.129. The smallest absolute Gasteiger partial charge is 0.264 e. The van der Waals surface area contributed by atoms with Crippen molar-refractivity contribution >= 4 is 39.1 Å². The van der Waals surface area contributed by atoms with Gasteiger partial charge in [0.25, 0.3) is 5.91 Å². The highest BCUT2D eigenvalue weighted by Crippen LogP contribution is 2.27. The van der Waals surface area contributed by atoms with Gasteiger partial charge in [-0.1, -0.05) is 44.2 Å². The van der Waals surface area contributed by atoms with Crippen molar-refractivity contribution in [3.63, 3.8) is 0 Å². The van der Waals surface area contributed by atoms with Crippen LogP contribution in [-0.2, 0) is 16.1 Å². The lowest BCUT2D eigenvalue weighted by Gasteiger charge is -2.25. The quantitative estimate of drug-likeness (QED) is 0.380. The molecule has 2 N–H and O–H groups in total. The van der Waals surface area contributed by atoms with E-state index in [1.54, 1.807) is 11.1 Å². The van der Waals surface area contributed by atoms with Gasteiger partial charge in [-0.15, -0.1) is 11.3 Å². The minimum absolute atomic E-state index is 0.150. The van der Waals surface area contributed by atoms with Crippen molar-refractivity contribution in [3.05, 3.63) is 71.9 Å². The van der Waals surface area contributed by atoms with Crippen LogP contribution in [-0.4, -0.2) is 64.5 Å². The molecular weight excluding hydrogens is 538 g/mol. The van der Waals surface area contributed by atoms with Gasteiger partial charge in [0.1, 0.15) is 17.6 Å². The summed E-state index contributed by atoms with van der Waals surface area (Å²) in [5.74, 6) is 0.833. The summed E-state index contributed by atoms with van der Waals surface area (Å²) in [4.78, 5) is 46.7. The van der Waals surface area contributed by atoms with Crippen LogP contribution in [0.4, 0.5) is 0 Å². The van der Waals surface area contributed by atoms with E-state index in [-0.39, 0.29) is 30.2 Å². The minimum atomic E-state index is -0.704. The number of imidazole rings is 1. The van der Waals surface area contributed by atoms with Crippen molar-refractivity contribution in [3.8, 4) is 17.1 Å². The van der Waals surface area contributed by atoms with Gasteiger partial charge < -0.3 is 24.8 Å². The molecule has 9 nitrogen and oxygen atoms in total. The molecule has 0 saturated heterocycles. The molecule has 5 rings (SSSR count). The number of carbonyl (C=O) groups is 3. The third-order valence-corrected chi connectivity index (χ3v) is 8.02. The Balaban J connectivity index is 1.40. The van der Waals surface area contributed by atoms with Crippen LogP contribution in [0.25, 0.3) is 21.5 Å². The molecular formula is C31H35N5O4S. The largest absolute Gasteiger partial charge is 0.494 e. The summed E-state index contributed by atoms with van der Waals surface area (Å²) in [5, 5.41) is 6.85. The molecule has 10 heteroatoms. The lowest BCUT2D eigenvalue weighted by Crippen LogP contribution is -2.51. The molecule has 214 valence electrons. The van der Waals surface area contributed by atoms with Crippen LogP contribution < -0.4 is 15.4 Å². The summed E-state index contributed by atoms with van der Waals surface area (Å²) >= 11 is 1.41. The molecule has 0 saturated carbocycles. The molecule has 2 bridgehead atoms. The molecule has 1 atom stereocenters. The second-order valence-electron chi connectivity index (χ2n) is 10.6. The molecule has 0 spiro atoms. The van der Waals surface area contributed by atoms with E-state index < -0.39 is 6.04 Å². The Morgan fingerprint density at radius 3 is 2.80 bits per heavy atom. The van der Waals surface area contributed by atoms with Gasteiger partial charge in [0.05, 0.1) is 18.0 Å². The minimum Gasteiger partial charge on any atom is -0.494 e. The fourth-order valence-electron chi connectivity index (χ4n) is 4.95. The Labute approximate surface area is 243 Å². The predicted molar refractivity (Wildman–Crippen MR) is 160 cm³/mol. The first-order chi connectivity index (χ1) is 19.9. The topological polar surface area (TPSA) is 106 Å². The number of ether oxygens (including phenoxy) is 1. The molecule has 1 aliphatic heterocycles. The van der Waals surface area contributed by atoms with Gasteiger partial charge in [-0.2, -0.15) is 0 Å². The third kappa shape index (κ3) is 7.13. The maximum atomic E-state index is 13.6. The van der Waals surface area contributed by atoms with E-state index in [9.17, 15) is 14.4 Å². The lowest BCUT2D eigenvalue weighted by atomic mass is 10.0. The second-order valence-corrected chi connectivity index (χ2v) is 11.7. The van der Waals surface area contributed by atoms with E-state index in [1.807, 2.05) is 79.2 Å². The van der Waals surface area contributed by atoms with E-state index in [2.05, 4.69) is 15.6 Å². The number of fused-ring (bicyclic) bond motifs is 5. The van der Waals surface area contributed by atoms with Crippen LogP contribution in [0.1, 0.15) is 36.4 Å². The van der Waals surface area contributed by atoms with Crippen molar-refractivity contribution in [2.45, 2.75) is 39.3 Å². The zero-order chi connectivity index (χ0) is 28.8. The monoisotopic (exact) mass is 573 g/mol. The summed E-state index contributed by atoms with van der Waals surface area (Å²) in [6, 6.07) is 16.7. The highest BCUT2D eigenvalue weighted by Gasteiger charge is 2.25. The van der Waals surface area contributed by atoms with Crippen molar-refractivity contribution in [1.82, 2.24) is 25.1 Å². The van der Waals surface area contributed by atoms with E-state index in [1.165, 1.54) is 11.3 Å². The van der Waals surface area contributed by atoms with E-state index in [0.717, 1.165) is 21.5 Å². The van der Waals surface area contributed by atoms with E-state index in [0.29, 0.717) is 49.7 Å². The molecule has 2 aromatic carbocycles. The fourth-order valence-corrected chi connectivity index (χ4v) is 5.99. The van der Waals surface area contributed by atoms with Crippen LogP contribution >= 0.6 is 11.3 Å². The number of nitrogens with zero attached hydrogens (tertiary/aromatic N) is 3. The number of benzene rings is 2. The van der Waals surface area contributed by atoms with E-state index in [4.69, 9.17) is 4.74 Å². The number of carbonyl (C=O) groups excluding carboxylic acids is 3. The highest BCUT2D eigenvalue weighted by molar-refractivity contribution is 7.20. The molecule has 3 amide bonds. The highest BCUT2D eigenvalue weighted by atomic mass is 32.1. The first-order valence-electron chi connectivity index (χ1n) is 14.0. The van der Waals surface area contributed by atoms with Gasteiger partial charge in [-0.05, 0) is 48.4 Å². The molecule has 3 heterocycles. The number of amides is 3. The summed E-state index contributed by atoms with van der Waals surface area (Å²) in [7, 11) is 0.